The summed E-state index contributed by atoms with van der Waals surface area (Å²) in [4.78, 5) is 31.6. The number of nitrogens with zero attached hydrogens (tertiary/aromatic N) is 3. The van der Waals surface area contributed by atoms with Crippen LogP contribution in [0.4, 0.5) is 4.79 Å². The minimum absolute atomic E-state index is 0.0852. The number of nitrogens with two attached hydrogens (primary N) is 1. The summed E-state index contributed by atoms with van der Waals surface area (Å²) in [6, 6.07) is 0. The Bertz CT molecular complexity index is 497. The number of hydrogen-bond donors (Lipinski definition) is 1. The molecule has 2 amide bonds. The van der Waals surface area contributed by atoms with Crippen LogP contribution >= 0.6 is 11.3 Å². The molecule has 0 radical (unpaired) electrons. The van der Waals surface area contributed by atoms with E-state index < -0.39 is 0 Å². The molecule has 2 heterocycles. The lowest BCUT2D eigenvalue weighted by Gasteiger charge is -2.33. The summed E-state index contributed by atoms with van der Waals surface area (Å²) in [5.74, 6) is -0.0852. The van der Waals surface area contributed by atoms with E-state index >= 15 is 0 Å². The highest BCUT2D eigenvalue weighted by Gasteiger charge is 2.26. The van der Waals surface area contributed by atoms with Crippen molar-refractivity contribution < 1.29 is 14.3 Å². The monoisotopic (exact) mass is 312 g/mol. The van der Waals surface area contributed by atoms with E-state index in [1.54, 1.807) is 22.1 Å². The maximum absolute atomic E-state index is 12.3. The van der Waals surface area contributed by atoms with E-state index in [0.29, 0.717) is 51.4 Å². The molecule has 1 aliphatic rings. The Hall–Kier alpha value is -1.67. The Morgan fingerprint density at radius 1 is 1.33 bits per heavy atom. The molecule has 0 aliphatic carbocycles. The number of amides is 2. The Morgan fingerprint density at radius 2 is 2.00 bits per heavy atom. The molecule has 116 valence electrons. The first kappa shape index (κ1) is 15.7. The van der Waals surface area contributed by atoms with Crippen LogP contribution in [0.3, 0.4) is 0 Å². The Labute approximate surface area is 127 Å². The number of hydrogen-bond acceptors (Lipinski definition) is 6. The first-order valence-corrected chi connectivity index (χ1v) is 7.89. The van der Waals surface area contributed by atoms with E-state index in [0.717, 1.165) is 5.01 Å². The lowest BCUT2D eigenvalue weighted by molar-refractivity contribution is 0.0566. The summed E-state index contributed by atoms with van der Waals surface area (Å²) < 4.78 is 4.95. The van der Waals surface area contributed by atoms with Gasteiger partial charge in [-0.25, -0.2) is 9.78 Å². The summed E-state index contributed by atoms with van der Waals surface area (Å²) in [5, 5.41) is 2.65. The van der Waals surface area contributed by atoms with E-state index in [2.05, 4.69) is 4.98 Å². The van der Waals surface area contributed by atoms with Gasteiger partial charge in [-0.1, -0.05) is 0 Å². The fraction of sp³-hybridized carbons (Fsp3) is 0.615. The quantitative estimate of drug-likeness (QED) is 0.877. The maximum atomic E-state index is 12.3. The predicted molar refractivity (Wildman–Crippen MR) is 79.4 cm³/mol. The normalized spacial score (nSPS) is 15.1. The molecule has 0 spiro atoms. The fourth-order valence-electron chi connectivity index (χ4n) is 2.12. The van der Waals surface area contributed by atoms with Crippen molar-refractivity contribution >= 4 is 23.3 Å². The summed E-state index contributed by atoms with van der Waals surface area (Å²) in [6.45, 7) is 4.65. The van der Waals surface area contributed by atoms with Gasteiger partial charge in [-0.05, 0) is 13.5 Å². The van der Waals surface area contributed by atoms with Gasteiger partial charge in [0.2, 0.25) is 0 Å². The first-order chi connectivity index (χ1) is 10.2. The van der Waals surface area contributed by atoms with Gasteiger partial charge < -0.3 is 20.3 Å². The van der Waals surface area contributed by atoms with Crippen molar-refractivity contribution in [3.63, 3.8) is 0 Å². The summed E-state index contributed by atoms with van der Waals surface area (Å²) in [6.07, 6.45) is 0.373. The molecule has 1 aliphatic heterocycles. The molecule has 1 aromatic rings. The van der Waals surface area contributed by atoms with Gasteiger partial charge in [0.15, 0.2) is 0 Å². The lowest BCUT2D eigenvalue weighted by Crippen LogP contribution is -2.50. The third-order valence-corrected chi connectivity index (χ3v) is 4.13. The number of thiazole rings is 1. The molecule has 8 heteroatoms. The zero-order chi connectivity index (χ0) is 15.2. The molecule has 0 unspecified atom stereocenters. The van der Waals surface area contributed by atoms with Crippen molar-refractivity contribution in [1.82, 2.24) is 14.8 Å². The van der Waals surface area contributed by atoms with Crippen LogP contribution in [0.25, 0.3) is 0 Å². The van der Waals surface area contributed by atoms with Crippen molar-refractivity contribution in [2.45, 2.75) is 13.3 Å². The zero-order valence-electron chi connectivity index (χ0n) is 12.1. The number of aromatic nitrogens is 1. The van der Waals surface area contributed by atoms with Gasteiger partial charge >= 0.3 is 6.09 Å². The molecule has 0 aromatic carbocycles. The molecular formula is C13H20N4O3S. The Kier molecular flexibility index (Phi) is 5.51. The molecule has 21 heavy (non-hydrogen) atoms. The molecular weight excluding hydrogens is 292 g/mol. The predicted octanol–water partition coefficient (Wildman–Crippen LogP) is 0.559. The molecule has 2 N–H and O–H groups in total. The topological polar surface area (TPSA) is 88.8 Å². The minimum Gasteiger partial charge on any atom is -0.450 e. The van der Waals surface area contributed by atoms with Crippen LogP contribution < -0.4 is 5.73 Å². The first-order valence-electron chi connectivity index (χ1n) is 7.01. The SMILES string of the molecule is CCOC(=O)N1CCN(C(=O)c2csc(CCN)n2)CC1. The van der Waals surface area contributed by atoms with Crippen molar-refractivity contribution in [2.75, 3.05) is 39.3 Å². The molecule has 1 fully saturated rings. The van der Waals surface area contributed by atoms with Crippen molar-refractivity contribution in [1.29, 1.82) is 0 Å². The van der Waals surface area contributed by atoms with Gasteiger partial charge in [-0.15, -0.1) is 11.3 Å². The third kappa shape index (κ3) is 3.92. The van der Waals surface area contributed by atoms with Crippen LogP contribution in [0, 0.1) is 0 Å². The van der Waals surface area contributed by atoms with E-state index in [4.69, 9.17) is 10.5 Å². The Balaban J connectivity index is 1.89. The zero-order valence-corrected chi connectivity index (χ0v) is 12.9. The molecule has 0 saturated carbocycles. The standard InChI is InChI=1S/C13H20N4O3S/c1-2-20-13(19)17-7-5-16(6-8-17)12(18)10-9-21-11(15-10)3-4-14/h9H,2-8,14H2,1H3. The molecule has 2 rings (SSSR count). The molecule has 7 nitrogen and oxygen atoms in total. The second-order valence-electron chi connectivity index (χ2n) is 4.64. The van der Waals surface area contributed by atoms with Crippen molar-refractivity contribution in [2.24, 2.45) is 5.73 Å². The number of carbonyl (C=O) groups is 2. The van der Waals surface area contributed by atoms with E-state index in [1.165, 1.54) is 11.3 Å². The molecule has 0 bridgehead atoms. The number of rotatable bonds is 4. The van der Waals surface area contributed by atoms with Gasteiger partial charge in [0.25, 0.3) is 5.91 Å². The number of piperazine rings is 1. The van der Waals surface area contributed by atoms with Gasteiger partial charge in [0.05, 0.1) is 11.6 Å². The van der Waals surface area contributed by atoms with E-state index in [9.17, 15) is 9.59 Å². The Morgan fingerprint density at radius 3 is 2.62 bits per heavy atom. The second-order valence-corrected chi connectivity index (χ2v) is 5.59. The van der Waals surface area contributed by atoms with Gasteiger partial charge in [-0.2, -0.15) is 0 Å². The van der Waals surface area contributed by atoms with Gasteiger partial charge in [0.1, 0.15) is 5.69 Å². The van der Waals surface area contributed by atoms with Crippen LogP contribution in [0.15, 0.2) is 5.38 Å². The van der Waals surface area contributed by atoms with Crippen LogP contribution in [0.5, 0.6) is 0 Å². The van der Waals surface area contributed by atoms with Crippen LogP contribution in [-0.2, 0) is 11.2 Å². The summed E-state index contributed by atoms with van der Waals surface area (Å²) in [7, 11) is 0. The lowest BCUT2D eigenvalue weighted by atomic mass is 10.3. The largest absolute Gasteiger partial charge is 0.450 e. The molecule has 1 aromatic heterocycles. The number of ether oxygens (including phenoxy) is 1. The summed E-state index contributed by atoms with van der Waals surface area (Å²) in [5.41, 5.74) is 5.94. The highest BCUT2D eigenvalue weighted by molar-refractivity contribution is 7.09. The van der Waals surface area contributed by atoms with Crippen molar-refractivity contribution in [3.05, 3.63) is 16.1 Å². The highest BCUT2D eigenvalue weighted by atomic mass is 32.1. The van der Waals surface area contributed by atoms with E-state index in [-0.39, 0.29) is 12.0 Å². The van der Waals surface area contributed by atoms with Crippen LogP contribution in [0.1, 0.15) is 22.4 Å². The molecule has 0 atom stereocenters. The van der Waals surface area contributed by atoms with Gasteiger partial charge in [0, 0.05) is 38.0 Å². The van der Waals surface area contributed by atoms with Crippen molar-refractivity contribution in [3.8, 4) is 0 Å². The fourth-order valence-corrected chi connectivity index (χ4v) is 2.90. The number of carbonyl (C=O) groups excluding carboxylic acids is 2. The van der Waals surface area contributed by atoms with Gasteiger partial charge in [-0.3, -0.25) is 4.79 Å². The third-order valence-electron chi connectivity index (χ3n) is 3.22. The van der Waals surface area contributed by atoms with Crippen LogP contribution in [-0.4, -0.2) is 66.1 Å². The van der Waals surface area contributed by atoms with Crippen LogP contribution in [0.2, 0.25) is 0 Å². The molecule has 1 saturated heterocycles. The average molecular weight is 312 g/mol. The minimum atomic E-state index is -0.316. The average Bonchev–Trinajstić information content (AvgIpc) is 2.96. The van der Waals surface area contributed by atoms with E-state index in [1.807, 2.05) is 0 Å². The second kappa shape index (κ2) is 7.37. The maximum Gasteiger partial charge on any atom is 0.409 e. The summed E-state index contributed by atoms with van der Waals surface area (Å²) >= 11 is 1.46. The highest BCUT2D eigenvalue weighted by Crippen LogP contribution is 2.14. The smallest absolute Gasteiger partial charge is 0.409 e.